The molecule has 178 valence electrons. The smallest absolute Gasteiger partial charge is 0.267 e. The SMILES string of the molecule is COc1ccc(NC(=O)[C@H]2CN(S(=O)(=O)c3ccc(C)cc3)c3ccc(C)cc3O2)c(OC)c1. The predicted octanol–water partition coefficient (Wildman–Crippen LogP) is 3.92. The van der Waals surface area contributed by atoms with Crippen LogP contribution in [0.4, 0.5) is 11.4 Å². The van der Waals surface area contributed by atoms with Gasteiger partial charge in [0.1, 0.15) is 17.2 Å². The summed E-state index contributed by atoms with van der Waals surface area (Å²) in [6, 6.07) is 16.8. The molecule has 34 heavy (non-hydrogen) atoms. The summed E-state index contributed by atoms with van der Waals surface area (Å²) in [4.78, 5) is 13.3. The summed E-state index contributed by atoms with van der Waals surface area (Å²) < 4.78 is 44.8. The van der Waals surface area contributed by atoms with Gasteiger partial charge >= 0.3 is 0 Å². The van der Waals surface area contributed by atoms with Crippen LogP contribution in [0.25, 0.3) is 0 Å². The molecule has 3 aromatic carbocycles. The third-order valence-electron chi connectivity index (χ3n) is 5.55. The van der Waals surface area contributed by atoms with Gasteiger partial charge in [-0.3, -0.25) is 9.10 Å². The molecule has 1 aliphatic heterocycles. The lowest BCUT2D eigenvalue weighted by Gasteiger charge is -2.35. The second kappa shape index (κ2) is 9.26. The van der Waals surface area contributed by atoms with Gasteiger partial charge in [0, 0.05) is 6.07 Å². The summed E-state index contributed by atoms with van der Waals surface area (Å²) >= 11 is 0. The van der Waals surface area contributed by atoms with Gasteiger partial charge in [-0.1, -0.05) is 23.8 Å². The maximum Gasteiger partial charge on any atom is 0.267 e. The molecule has 0 aliphatic carbocycles. The normalized spacial score (nSPS) is 15.2. The van der Waals surface area contributed by atoms with Gasteiger partial charge in [0.25, 0.3) is 15.9 Å². The van der Waals surface area contributed by atoms with Crippen LogP contribution in [-0.2, 0) is 14.8 Å². The Morgan fingerprint density at radius 3 is 2.35 bits per heavy atom. The number of carbonyl (C=O) groups is 1. The number of anilines is 2. The quantitative estimate of drug-likeness (QED) is 0.573. The lowest BCUT2D eigenvalue weighted by atomic mass is 10.1. The van der Waals surface area contributed by atoms with E-state index in [1.54, 1.807) is 54.6 Å². The van der Waals surface area contributed by atoms with E-state index in [4.69, 9.17) is 14.2 Å². The van der Waals surface area contributed by atoms with E-state index in [0.717, 1.165) is 11.1 Å². The van der Waals surface area contributed by atoms with E-state index < -0.39 is 22.0 Å². The number of aryl methyl sites for hydroxylation is 2. The summed E-state index contributed by atoms with van der Waals surface area (Å²) in [5.41, 5.74) is 2.63. The third-order valence-corrected chi connectivity index (χ3v) is 7.35. The van der Waals surface area contributed by atoms with Crippen LogP contribution >= 0.6 is 0 Å². The van der Waals surface area contributed by atoms with E-state index in [0.29, 0.717) is 28.6 Å². The summed E-state index contributed by atoms with van der Waals surface area (Å²) in [5.74, 6) is 0.802. The standard InChI is InChI=1S/C25H26N2O6S/c1-16-5-9-19(10-6-16)34(29,30)27-15-24(33-23-13-17(2)7-12-21(23)27)25(28)26-20-11-8-18(31-3)14-22(20)32-4/h5-14,24H,15H2,1-4H3,(H,26,28)/t24-/m1/s1. The number of amides is 1. The zero-order valence-electron chi connectivity index (χ0n) is 19.4. The number of carbonyl (C=O) groups excluding carboxylic acids is 1. The predicted molar refractivity (Wildman–Crippen MR) is 129 cm³/mol. The molecule has 0 bridgehead atoms. The van der Waals surface area contributed by atoms with Crippen molar-refractivity contribution in [3.63, 3.8) is 0 Å². The van der Waals surface area contributed by atoms with Crippen LogP contribution in [0.1, 0.15) is 11.1 Å². The highest BCUT2D eigenvalue weighted by atomic mass is 32.2. The van der Waals surface area contributed by atoms with Crippen molar-refractivity contribution in [3.8, 4) is 17.2 Å². The molecule has 1 amide bonds. The van der Waals surface area contributed by atoms with Crippen molar-refractivity contribution in [2.75, 3.05) is 30.4 Å². The average Bonchev–Trinajstić information content (AvgIpc) is 2.83. The summed E-state index contributed by atoms with van der Waals surface area (Å²) in [7, 11) is -0.918. The number of nitrogens with zero attached hydrogens (tertiary/aromatic N) is 1. The molecular weight excluding hydrogens is 456 g/mol. The van der Waals surface area contributed by atoms with E-state index in [9.17, 15) is 13.2 Å². The van der Waals surface area contributed by atoms with Gasteiger partial charge in [-0.25, -0.2) is 8.42 Å². The van der Waals surface area contributed by atoms with Crippen LogP contribution in [0.2, 0.25) is 0 Å². The van der Waals surface area contributed by atoms with Crippen LogP contribution in [0.3, 0.4) is 0 Å². The maximum atomic E-state index is 13.5. The Kier molecular flexibility index (Phi) is 6.39. The van der Waals surface area contributed by atoms with Crippen LogP contribution in [0.15, 0.2) is 65.6 Å². The Bertz CT molecular complexity index is 1320. The van der Waals surface area contributed by atoms with Gasteiger partial charge in [0.2, 0.25) is 0 Å². The zero-order chi connectivity index (χ0) is 24.5. The number of sulfonamides is 1. The molecule has 0 fully saturated rings. The highest BCUT2D eigenvalue weighted by molar-refractivity contribution is 7.92. The molecule has 1 atom stereocenters. The number of ether oxygens (including phenoxy) is 3. The van der Waals surface area contributed by atoms with E-state index in [-0.39, 0.29) is 11.4 Å². The molecule has 0 saturated heterocycles. The molecule has 9 heteroatoms. The molecular formula is C25H26N2O6S. The Morgan fingerprint density at radius 2 is 1.68 bits per heavy atom. The lowest BCUT2D eigenvalue weighted by molar-refractivity contribution is -0.122. The Hall–Kier alpha value is -3.72. The molecule has 0 saturated carbocycles. The van der Waals surface area contributed by atoms with Crippen LogP contribution < -0.4 is 23.8 Å². The van der Waals surface area contributed by atoms with Crippen molar-refractivity contribution in [1.29, 1.82) is 0 Å². The largest absolute Gasteiger partial charge is 0.497 e. The molecule has 1 aliphatic rings. The number of hydrogen-bond acceptors (Lipinski definition) is 6. The first kappa shape index (κ1) is 23.4. The van der Waals surface area contributed by atoms with Crippen LogP contribution in [-0.4, -0.2) is 41.2 Å². The summed E-state index contributed by atoms with van der Waals surface area (Å²) in [6.07, 6.45) is -1.08. The molecule has 0 radical (unpaired) electrons. The van der Waals surface area contributed by atoms with Crippen LogP contribution in [0.5, 0.6) is 17.2 Å². The molecule has 0 aromatic heterocycles. The minimum absolute atomic E-state index is 0.141. The number of benzene rings is 3. The van der Waals surface area contributed by atoms with Crippen molar-refractivity contribution in [3.05, 3.63) is 71.8 Å². The minimum atomic E-state index is -3.93. The molecule has 1 heterocycles. The molecule has 0 spiro atoms. The van der Waals surface area contributed by atoms with Gasteiger partial charge in [0.05, 0.1) is 37.0 Å². The van der Waals surface area contributed by atoms with Crippen molar-refractivity contribution in [1.82, 2.24) is 0 Å². The van der Waals surface area contributed by atoms with Gasteiger partial charge in [0.15, 0.2) is 6.10 Å². The first-order chi connectivity index (χ1) is 16.2. The summed E-state index contributed by atoms with van der Waals surface area (Å²) in [6.45, 7) is 3.57. The monoisotopic (exact) mass is 482 g/mol. The molecule has 4 rings (SSSR count). The van der Waals surface area contributed by atoms with E-state index in [1.807, 2.05) is 19.9 Å². The van der Waals surface area contributed by atoms with Crippen LogP contribution in [0, 0.1) is 13.8 Å². The topological polar surface area (TPSA) is 94.2 Å². The number of fused-ring (bicyclic) bond motifs is 1. The fraction of sp³-hybridized carbons (Fsp3) is 0.240. The van der Waals surface area contributed by atoms with Gasteiger partial charge < -0.3 is 19.5 Å². The fourth-order valence-corrected chi connectivity index (χ4v) is 5.15. The number of rotatable bonds is 6. The van der Waals surface area contributed by atoms with Crippen molar-refractivity contribution in [2.24, 2.45) is 0 Å². The number of hydrogen-bond donors (Lipinski definition) is 1. The number of methoxy groups -OCH3 is 2. The summed E-state index contributed by atoms with van der Waals surface area (Å²) in [5, 5.41) is 2.78. The van der Waals surface area contributed by atoms with Crippen molar-refractivity contribution in [2.45, 2.75) is 24.8 Å². The van der Waals surface area contributed by atoms with E-state index in [1.165, 1.54) is 18.5 Å². The second-order valence-electron chi connectivity index (χ2n) is 7.98. The fourth-order valence-electron chi connectivity index (χ4n) is 3.68. The molecule has 1 N–H and O–H groups in total. The Morgan fingerprint density at radius 1 is 0.971 bits per heavy atom. The van der Waals surface area contributed by atoms with E-state index >= 15 is 0 Å². The first-order valence-corrected chi connectivity index (χ1v) is 12.1. The highest BCUT2D eigenvalue weighted by Gasteiger charge is 2.37. The van der Waals surface area contributed by atoms with Gasteiger partial charge in [-0.2, -0.15) is 0 Å². The minimum Gasteiger partial charge on any atom is -0.497 e. The van der Waals surface area contributed by atoms with Crippen molar-refractivity contribution >= 4 is 27.3 Å². The Labute approximate surface area is 199 Å². The number of nitrogens with one attached hydrogen (secondary N) is 1. The van der Waals surface area contributed by atoms with Crippen molar-refractivity contribution < 1.29 is 27.4 Å². The molecule has 3 aromatic rings. The second-order valence-corrected chi connectivity index (χ2v) is 9.84. The van der Waals surface area contributed by atoms with Gasteiger partial charge in [-0.15, -0.1) is 0 Å². The molecule has 0 unspecified atom stereocenters. The lowest BCUT2D eigenvalue weighted by Crippen LogP contribution is -2.48. The Balaban J connectivity index is 1.68. The van der Waals surface area contributed by atoms with Gasteiger partial charge in [-0.05, 0) is 55.8 Å². The third kappa shape index (κ3) is 4.51. The highest BCUT2D eigenvalue weighted by Crippen LogP contribution is 2.38. The van der Waals surface area contributed by atoms with E-state index in [2.05, 4.69) is 5.32 Å². The average molecular weight is 483 g/mol. The first-order valence-electron chi connectivity index (χ1n) is 10.6. The zero-order valence-corrected chi connectivity index (χ0v) is 20.2. The molecule has 8 nitrogen and oxygen atoms in total. The maximum absolute atomic E-state index is 13.5.